The fourth-order valence-electron chi connectivity index (χ4n) is 1.96. The predicted octanol–water partition coefficient (Wildman–Crippen LogP) is 0.262. The summed E-state index contributed by atoms with van der Waals surface area (Å²) in [4.78, 5) is 11.7. The fourth-order valence-corrected chi connectivity index (χ4v) is 1.96. The van der Waals surface area contributed by atoms with Crippen molar-refractivity contribution >= 4 is 5.91 Å². The molecule has 0 radical (unpaired) electrons. The van der Waals surface area contributed by atoms with Crippen LogP contribution in [0.2, 0.25) is 0 Å². The van der Waals surface area contributed by atoms with E-state index in [4.69, 9.17) is 5.11 Å². The van der Waals surface area contributed by atoms with E-state index in [0.29, 0.717) is 5.92 Å². The van der Waals surface area contributed by atoms with Crippen molar-refractivity contribution < 1.29 is 9.90 Å². The molecule has 4 heteroatoms. The SMILES string of the molecule is CC(C)C[C@@H](CO)NC(=O)[C@@H]1CCCN1. The molecule has 0 aliphatic carbocycles. The van der Waals surface area contributed by atoms with Crippen molar-refractivity contribution in [3.8, 4) is 0 Å². The molecule has 1 aliphatic heterocycles. The van der Waals surface area contributed by atoms with E-state index in [9.17, 15) is 4.79 Å². The molecule has 1 amide bonds. The van der Waals surface area contributed by atoms with Gasteiger partial charge in [0.15, 0.2) is 0 Å². The summed E-state index contributed by atoms with van der Waals surface area (Å²) < 4.78 is 0. The lowest BCUT2D eigenvalue weighted by Gasteiger charge is -2.20. The average Bonchev–Trinajstić information content (AvgIpc) is 2.68. The van der Waals surface area contributed by atoms with Gasteiger partial charge in [-0.2, -0.15) is 0 Å². The molecule has 0 aromatic rings. The van der Waals surface area contributed by atoms with Crippen molar-refractivity contribution in [3.63, 3.8) is 0 Å². The van der Waals surface area contributed by atoms with Crippen molar-refractivity contribution in [3.05, 3.63) is 0 Å². The normalized spacial score (nSPS) is 23.1. The summed E-state index contributed by atoms with van der Waals surface area (Å²) in [7, 11) is 0. The maximum atomic E-state index is 11.7. The van der Waals surface area contributed by atoms with Gasteiger partial charge in [0.1, 0.15) is 0 Å². The quantitative estimate of drug-likeness (QED) is 0.615. The van der Waals surface area contributed by atoms with Gasteiger partial charge in [-0.3, -0.25) is 4.79 Å². The van der Waals surface area contributed by atoms with Crippen LogP contribution in [0.25, 0.3) is 0 Å². The molecule has 88 valence electrons. The van der Waals surface area contributed by atoms with Crippen LogP contribution in [-0.4, -0.2) is 36.2 Å². The highest BCUT2D eigenvalue weighted by Gasteiger charge is 2.24. The third-order valence-electron chi connectivity index (χ3n) is 2.70. The molecule has 3 N–H and O–H groups in total. The molecule has 0 aromatic heterocycles. The topological polar surface area (TPSA) is 61.4 Å². The number of carbonyl (C=O) groups is 1. The van der Waals surface area contributed by atoms with Crippen molar-refractivity contribution in [2.75, 3.05) is 13.2 Å². The summed E-state index contributed by atoms with van der Waals surface area (Å²) in [5.74, 6) is 0.520. The molecule has 2 atom stereocenters. The van der Waals surface area contributed by atoms with Crippen molar-refractivity contribution in [1.29, 1.82) is 0 Å². The van der Waals surface area contributed by atoms with Crippen LogP contribution in [0, 0.1) is 5.92 Å². The summed E-state index contributed by atoms with van der Waals surface area (Å²) in [5, 5.41) is 15.2. The molecule has 1 aliphatic rings. The molecule has 0 unspecified atom stereocenters. The van der Waals surface area contributed by atoms with E-state index in [0.717, 1.165) is 25.8 Å². The number of carbonyl (C=O) groups excluding carboxylic acids is 1. The monoisotopic (exact) mass is 214 g/mol. The van der Waals surface area contributed by atoms with E-state index in [1.165, 1.54) is 0 Å². The lowest BCUT2D eigenvalue weighted by Crippen LogP contribution is -2.46. The highest BCUT2D eigenvalue weighted by molar-refractivity contribution is 5.82. The molecule has 0 bridgehead atoms. The second-order valence-corrected chi connectivity index (χ2v) is 4.67. The summed E-state index contributed by atoms with van der Waals surface area (Å²) in [6.07, 6.45) is 2.80. The van der Waals surface area contributed by atoms with Crippen LogP contribution in [-0.2, 0) is 4.79 Å². The van der Waals surface area contributed by atoms with Gasteiger partial charge in [0.25, 0.3) is 0 Å². The van der Waals surface area contributed by atoms with Gasteiger partial charge in [-0.15, -0.1) is 0 Å². The standard InChI is InChI=1S/C11H22N2O2/c1-8(2)6-9(7-14)13-11(15)10-4-3-5-12-10/h8-10,12,14H,3-7H2,1-2H3,(H,13,15)/t9-,10-/m0/s1. The van der Waals surface area contributed by atoms with Gasteiger partial charge >= 0.3 is 0 Å². The zero-order valence-electron chi connectivity index (χ0n) is 9.62. The Labute approximate surface area is 91.4 Å². The van der Waals surface area contributed by atoms with Crippen LogP contribution >= 0.6 is 0 Å². The molecule has 1 heterocycles. The number of aliphatic hydroxyl groups excluding tert-OH is 1. The Balaban J connectivity index is 2.33. The van der Waals surface area contributed by atoms with E-state index >= 15 is 0 Å². The van der Waals surface area contributed by atoms with E-state index in [2.05, 4.69) is 24.5 Å². The maximum absolute atomic E-state index is 11.7. The molecular weight excluding hydrogens is 192 g/mol. The first-order chi connectivity index (χ1) is 7.13. The van der Waals surface area contributed by atoms with E-state index in [1.54, 1.807) is 0 Å². The first-order valence-corrected chi connectivity index (χ1v) is 5.78. The lowest BCUT2D eigenvalue weighted by atomic mass is 10.0. The number of amides is 1. The molecule has 0 saturated carbocycles. The number of rotatable bonds is 5. The number of hydrogen-bond acceptors (Lipinski definition) is 3. The van der Waals surface area contributed by atoms with Gasteiger partial charge in [0.2, 0.25) is 5.91 Å². The largest absolute Gasteiger partial charge is 0.394 e. The Morgan fingerprint density at radius 3 is 2.80 bits per heavy atom. The van der Waals surface area contributed by atoms with Crippen LogP contribution in [0.15, 0.2) is 0 Å². The van der Waals surface area contributed by atoms with E-state index < -0.39 is 0 Å². The first kappa shape index (κ1) is 12.5. The van der Waals surface area contributed by atoms with Gasteiger partial charge < -0.3 is 15.7 Å². The number of hydrogen-bond donors (Lipinski definition) is 3. The van der Waals surface area contributed by atoms with Crippen molar-refractivity contribution in [2.45, 2.75) is 45.2 Å². The van der Waals surface area contributed by atoms with Gasteiger partial charge in [0.05, 0.1) is 18.7 Å². The molecule has 1 saturated heterocycles. The Morgan fingerprint density at radius 1 is 1.60 bits per heavy atom. The fraction of sp³-hybridized carbons (Fsp3) is 0.909. The zero-order chi connectivity index (χ0) is 11.3. The smallest absolute Gasteiger partial charge is 0.237 e. The van der Waals surface area contributed by atoms with Crippen LogP contribution < -0.4 is 10.6 Å². The van der Waals surface area contributed by atoms with Crippen molar-refractivity contribution in [2.24, 2.45) is 5.92 Å². The van der Waals surface area contributed by atoms with Crippen LogP contribution in [0.4, 0.5) is 0 Å². The third-order valence-corrected chi connectivity index (χ3v) is 2.70. The molecule has 1 rings (SSSR count). The second kappa shape index (κ2) is 6.08. The molecule has 15 heavy (non-hydrogen) atoms. The summed E-state index contributed by atoms with van der Waals surface area (Å²) in [6.45, 7) is 5.12. The van der Waals surface area contributed by atoms with E-state index in [1.807, 2.05) is 0 Å². The number of nitrogens with one attached hydrogen (secondary N) is 2. The van der Waals surface area contributed by atoms with E-state index in [-0.39, 0.29) is 24.6 Å². The summed E-state index contributed by atoms with van der Waals surface area (Å²) in [6, 6.07) is -0.147. The molecular formula is C11H22N2O2. The second-order valence-electron chi connectivity index (χ2n) is 4.67. The molecule has 0 spiro atoms. The summed E-state index contributed by atoms with van der Waals surface area (Å²) >= 11 is 0. The van der Waals surface area contributed by atoms with Gasteiger partial charge in [-0.25, -0.2) is 0 Å². The molecule has 1 fully saturated rings. The summed E-state index contributed by atoms with van der Waals surface area (Å²) in [5.41, 5.74) is 0. The van der Waals surface area contributed by atoms with Crippen LogP contribution in [0.3, 0.4) is 0 Å². The molecule has 4 nitrogen and oxygen atoms in total. The van der Waals surface area contributed by atoms with Crippen LogP contribution in [0.1, 0.15) is 33.1 Å². The third kappa shape index (κ3) is 4.18. The highest BCUT2D eigenvalue weighted by atomic mass is 16.3. The molecule has 0 aromatic carbocycles. The number of aliphatic hydroxyl groups is 1. The minimum Gasteiger partial charge on any atom is -0.394 e. The predicted molar refractivity (Wildman–Crippen MR) is 59.5 cm³/mol. The minimum absolute atomic E-state index is 0.0244. The first-order valence-electron chi connectivity index (χ1n) is 5.78. The Bertz CT molecular complexity index is 201. The van der Waals surface area contributed by atoms with Gasteiger partial charge in [0, 0.05) is 0 Å². The lowest BCUT2D eigenvalue weighted by molar-refractivity contribution is -0.123. The van der Waals surface area contributed by atoms with Gasteiger partial charge in [-0.1, -0.05) is 13.8 Å². The van der Waals surface area contributed by atoms with Crippen molar-refractivity contribution in [1.82, 2.24) is 10.6 Å². The Hall–Kier alpha value is -0.610. The van der Waals surface area contributed by atoms with Gasteiger partial charge in [-0.05, 0) is 31.7 Å². The minimum atomic E-state index is -0.0973. The van der Waals surface area contributed by atoms with Crippen LogP contribution in [0.5, 0.6) is 0 Å². The maximum Gasteiger partial charge on any atom is 0.237 e. The highest BCUT2D eigenvalue weighted by Crippen LogP contribution is 2.08. The Kier molecular flexibility index (Phi) is 5.05. The zero-order valence-corrected chi connectivity index (χ0v) is 9.62. The Morgan fingerprint density at radius 2 is 2.33 bits per heavy atom. The average molecular weight is 214 g/mol.